The van der Waals surface area contributed by atoms with Crippen LogP contribution < -0.4 is 4.74 Å². The van der Waals surface area contributed by atoms with E-state index in [-0.39, 0.29) is 18.2 Å². The highest BCUT2D eigenvalue weighted by Gasteiger charge is 2.11. The van der Waals surface area contributed by atoms with E-state index in [9.17, 15) is 18.9 Å². The molecule has 0 bridgehead atoms. The van der Waals surface area contributed by atoms with Crippen LogP contribution in [0, 0.1) is 21.7 Å². The first-order chi connectivity index (χ1) is 9.99. The van der Waals surface area contributed by atoms with Crippen LogP contribution in [0.15, 0.2) is 36.4 Å². The van der Waals surface area contributed by atoms with E-state index in [1.165, 1.54) is 24.3 Å². The molecule has 21 heavy (non-hydrogen) atoms. The van der Waals surface area contributed by atoms with Crippen LogP contribution in [0.1, 0.15) is 11.1 Å². The highest BCUT2D eigenvalue weighted by molar-refractivity contribution is 6.17. The average Bonchev–Trinajstić information content (AvgIpc) is 2.45. The van der Waals surface area contributed by atoms with Crippen LogP contribution in [-0.2, 0) is 12.5 Å². The molecule has 0 aliphatic heterocycles. The van der Waals surface area contributed by atoms with E-state index in [0.717, 1.165) is 12.1 Å². The minimum atomic E-state index is -0.723. The van der Waals surface area contributed by atoms with Crippen molar-refractivity contribution in [2.75, 3.05) is 0 Å². The van der Waals surface area contributed by atoms with Gasteiger partial charge in [-0.15, -0.1) is 11.6 Å². The third-order valence-electron chi connectivity index (χ3n) is 2.71. The lowest BCUT2D eigenvalue weighted by molar-refractivity contribution is -0.385. The molecule has 0 radical (unpaired) electrons. The molecule has 0 saturated heterocycles. The first-order valence-electron chi connectivity index (χ1n) is 5.90. The molecule has 0 fully saturated rings. The van der Waals surface area contributed by atoms with E-state index in [1.54, 1.807) is 0 Å². The van der Waals surface area contributed by atoms with Gasteiger partial charge in [-0.3, -0.25) is 10.1 Å². The summed E-state index contributed by atoms with van der Waals surface area (Å²) in [6.07, 6.45) is 0. The molecule has 2 rings (SSSR count). The molecular weight excluding hydrogens is 304 g/mol. The van der Waals surface area contributed by atoms with E-state index in [2.05, 4.69) is 0 Å². The smallest absolute Gasteiger partial charge is 0.272 e. The minimum Gasteiger partial charge on any atom is -0.489 e. The van der Waals surface area contributed by atoms with E-state index >= 15 is 0 Å². The maximum atomic E-state index is 13.3. The number of benzene rings is 2. The Hall–Kier alpha value is -2.21. The Labute approximate surface area is 124 Å². The van der Waals surface area contributed by atoms with Crippen molar-refractivity contribution in [2.24, 2.45) is 0 Å². The first-order valence-corrected chi connectivity index (χ1v) is 6.44. The van der Waals surface area contributed by atoms with Gasteiger partial charge in [-0.2, -0.15) is 0 Å². The Morgan fingerprint density at radius 1 is 1.14 bits per heavy atom. The predicted octanol–water partition coefficient (Wildman–Crippen LogP) is 4.19. The normalized spacial score (nSPS) is 10.4. The number of non-ortho nitro benzene ring substituents is 1. The van der Waals surface area contributed by atoms with Gasteiger partial charge < -0.3 is 4.74 Å². The molecule has 0 saturated carbocycles. The van der Waals surface area contributed by atoms with E-state index < -0.39 is 16.6 Å². The average molecular weight is 314 g/mol. The number of hydrogen-bond donors (Lipinski definition) is 0. The van der Waals surface area contributed by atoms with Crippen molar-refractivity contribution in [3.8, 4) is 5.75 Å². The second-order valence-electron chi connectivity index (χ2n) is 4.25. The monoisotopic (exact) mass is 313 g/mol. The summed E-state index contributed by atoms with van der Waals surface area (Å²) >= 11 is 5.68. The third kappa shape index (κ3) is 3.88. The van der Waals surface area contributed by atoms with Crippen molar-refractivity contribution in [2.45, 2.75) is 12.5 Å². The number of nitrogens with zero attached hydrogens (tertiary/aromatic N) is 1. The Kier molecular flexibility index (Phi) is 4.70. The number of nitro groups is 1. The molecule has 0 aliphatic rings. The molecule has 0 aliphatic carbocycles. The SMILES string of the molecule is O=[N+]([O-])c1cc(F)cc(COc2ccc(F)cc2CCl)c1. The first kappa shape index (κ1) is 15.2. The summed E-state index contributed by atoms with van der Waals surface area (Å²) in [5.74, 6) is -0.770. The molecule has 7 heteroatoms. The Morgan fingerprint density at radius 3 is 2.57 bits per heavy atom. The van der Waals surface area contributed by atoms with E-state index in [0.29, 0.717) is 16.9 Å². The summed E-state index contributed by atoms with van der Waals surface area (Å²) in [6.45, 7) is -0.0892. The Morgan fingerprint density at radius 2 is 1.90 bits per heavy atom. The van der Waals surface area contributed by atoms with Crippen molar-refractivity contribution in [1.29, 1.82) is 0 Å². The molecule has 0 N–H and O–H groups in total. The lowest BCUT2D eigenvalue weighted by Crippen LogP contribution is -2.00. The van der Waals surface area contributed by atoms with Gasteiger partial charge in [0.15, 0.2) is 0 Å². The molecule has 0 aromatic heterocycles. The second-order valence-corrected chi connectivity index (χ2v) is 4.52. The van der Waals surface area contributed by atoms with Gasteiger partial charge in [0.2, 0.25) is 0 Å². The predicted molar refractivity (Wildman–Crippen MR) is 73.3 cm³/mol. The molecule has 0 heterocycles. The maximum Gasteiger partial charge on any atom is 0.272 e. The largest absolute Gasteiger partial charge is 0.489 e. The van der Waals surface area contributed by atoms with Crippen LogP contribution in [-0.4, -0.2) is 4.92 Å². The quantitative estimate of drug-likeness (QED) is 0.472. The van der Waals surface area contributed by atoms with Crippen molar-refractivity contribution < 1.29 is 18.4 Å². The minimum absolute atomic E-state index is 0.0520. The van der Waals surface area contributed by atoms with Gasteiger partial charge in [-0.1, -0.05) is 0 Å². The van der Waals surface area contributed by atoms with Gasteiger partial charge in [0.25, 0.3) is 5.69 Å². The van der Waals surface area contributed by atoms with Gasteiger partial charge in [0.1, 0.15) is 24.0 Å². The highest BCUT2D eigenvalue weighted by Crippen LogP contribution is 2.24. The molecule has 2 aromatic carbocycles. The van der Waals surface area contributed by atoms with Crippen LogP contribution in [0.3, 0.4) is 0 Å². The molecule has 110 valence electrons. The molecule has 2 aromatic rings. The molecule has 0 spiro atoms. The van der Waals surface area contributed by atoms with Gasteiger partial charge >= 0.3 is 0 Å². The standard InChI is InChI=1S/C14H10ClF2NO3/c15-7-10-5-11(16)1-2-14(10)21-8-9-3-12(17)6-13(4-9)18(19)20/h1-6H,7-8H2. The van der Waals surface area contributed by atoms with Crippen LogP contribution in [0.2, 0.25) is 0 Å². The zero-order chi connectivity index (χ0) is 15.4. The van der Waals surface area contributed by atoms with Gasteiger partial charge in [-0.25, -0.2) is 8.78 Å². The lowest BCUT2D eigenvalue weighted by atomic mass is 10.2. The topological polar surface area (TPSA) is 52.4 Å². The molecule has 0 amide bonds. The zero-order valence-corrected chi connectivity index (χ0v) is 11.4. The summed E-state index contributed by atoms with van der Waals surface area (Å²) in [5, 5.41) is 10.7. The molecule has 0 unspecified atom stereocenters. The van der Waals surface area contributed by atoms with Gasteiger partial charge in [-0.05, 0) is 29.8 Å². The highest BCUT2D eigenvalue weighted by atomic mass is 35.5. The molecule has 4 nitrogen and oxygen atoms in total. The fourth-order valence-electron chi connectivity index (χ4n) is 1.78. The molecule has 0 atom stereocenters. The lowest BCUT2D eigenvalue weighted by Gasteiger charge is -2.10. The maximum absolute atomic E-state index is 13.3. The summed E-state index contributed by atoms with van der Waals surface area (Å²) in [5.41, 5.74) is 0.388. The number of alkyl halides is 1. The number of ether oxygens (including phenoxy) is 1. The second kappa shape index (κ2) is 6.49. The fraction of sp³-hybridized carbons (Fsp3) is 0.143. The van der Waals surface area contributed by atoms with Crippen molar-refractivity contribution in [1.82, 2.24) is 0 Å². The van der Waals surface area contributed by atoms with Crippen molar-refractivity contribution in [3.05, 3.63) is 69.3 Å². The van der Waals surface area contributed by atoms with E-state index in [4.69, 9.17) is 16.3 Å². The van der Waals surface area contributed by atoms with E-state index in [1.807, 2.05) is 0 Å². The summed E-state index contributed by atoms with van der Waals surface area (Å²) in [6, 6.07) is 7.02. The summed E-state index contributed by atoms with van der Waals surface area (Å²) < 4.78 is 31.8. The number of rotatable bonds is 5. The van der Waals surface area contributed by atoms with Crippen LogP contribution in [0.5, 0.6) is 5.75 Å². The third-order valence-corrected chi connectivity index (χ3v) is 3.00. The van der Waals surface area contributed by atoms with Crippen LogP contribution >= 0.6 is 11.6 Å². The van der Waals surface area contributed by atoms with Crippen LogP contribution in [0.4, 0.5) is 14.5 Å². The number of halogens is 3. The Bertz CT molecular complexity index is 679. The summed E-state index contributed by atoms with van der Waals surface area (Å²) in [4.78, 5) is 9.97. The molecular formula is C14H10ClF2NO3. The number of nitro benzene ring substituents is 1. The van der Waals surface area contributed by atoms with Gasteiger partial charge in [0, 0.05) is 11.6 Å². The summed E-state index contributed by atoms with van der Waals surface area (Å²) in [7, 11) is 0. The van der Waals surface area contributed by atoms with Crippen molar-refractivity contribution in [3.63, 3.8) is 0 Å². The van der Waals surface area contributed by atoms with Gasteiger partial charge in [0.05, 0.1) is 16.9 Å². The fourth-order valence-corrected chi connectivity index (χ4v) is 1.99. The number of hydrogen-bond acceptors (Lipinski definition) is 3. The van der Waals surface area contributed by atoms with Crippen LogP contribution in [0.25, 0.3) is 0 Å². The zero-order valence-electron chi connectivity index (χ0n) is 10.7. The van der Waals surface area contributed by atoms with Crippen molar-refractivity contribution >= 4 is 17.3 Å². The Balaban J connectivity index is 2.18.